The molecule has 1 N–H and O–H groups in total. The summed E-state index contributed by atoms with van der Waals surface area (Å²) in [5.41, 5.74) is 0.664. The van der Waals surface area contributed by atoms with Gasteiger partial charge >= 0.3 is 0 Å². The molecule has 1 heterocycles. The Morgan fingerprint density at radius 1 is 1.16 bits per heavy atom. The van der Waals surface area contributed by atoms with Crippen LogP contribution in [0.2, 0.25) is 0 Å². The number of hydrogen-bond acceptors (Lipinski definition) is 3. The first-order chi connectivity index (χ1) is 12.0. The third-order valence-corrected chi connectivity index (χ3v) is 5.99. The van der Waals surface area contributed by atoms with E-state index in [0.717, 1.165) is 32.6 Å². The third-order valence-electron chi connectivity index (χ3n) is 5.99. The van der Waals surface area contributed by atoms with Crippen LogP contribution in [0.3, 0.4) is 0 Å². The Morgan fingerprint density at radius 2 is 1.88 bits per heavy atom. The summed E-state index contributed by atoms with van der Waals surface area (Å²) in [6.07, 6.45) is 3.57. The van der Waals surface area contributed by atoms with E-state index in [1.165, 1.54) is 18.9 Å². The molecule has 1 aliphatic heterocycles. The highest BCUT2D eigenvalue weighted by atomic mass is 19.1. The number of amides is 1. The molecule has 0 unspecified atom stereocenters. The van der Waals surface area contributed by atoms with Crippen molar-refractivity contribution in [1.29, 1.82) is 0 Å². The zero-order valence-electron chi connectivity index (χ0n) is 15.4. The largest absolute Gasteiger partial charge is 0.367 e. The van der Waals surface area contributed by atoms with Crippen LogP contribution in [0.5, 0.6) is 0 Å². The highest BCUT2D eigenvalue weighted by Crippen LogP contribution is 2.29. The Kier molecular flexibility index (Phi) is 5.94. The minimum atomic E-state index is -0.172. The van der Waals surface area contributed by atoms with Gasteiger partial charge in [-0.15, -0.1) is 0 Å². The molecule has 5 heteroatoms. The number of halogens is 1. The Bertz CT molecular complexity index is 586. The van der Waals surface area contributed by atoms with Crippen molar-refractivity contribution in [2.75, 3.05) is 37.6 Å². The summed E-state index contributed by atoms with van der Waals surface area (Å²) in [6, 6.07) is 7.22. The van der Waals surface area contributed by atoms with Crippen LogP contribution in [0.15, 0.2) is 24.3 Å². The zero-order chi connectivity index (χ0) is 17.8. The van der Waals surface area contributed by atoms with E-state index >= 15 is 0 Å². The van der Waals surface area contributed by atoms with E-state index in [1.54, 1.807) is 6.07 Å². The molecule has 1 amide bonds. The number of nitrogens with zero attached hydrogens (tertiary/aromatic N) is 2. The standard InChI is InChI=1S/C20H30FN3O/c1-15-6-5-8-18(16(15)2)22-20(25)14-23-10-12-24(13-11-23)19-9-4-3-7-17(19)21/h3-4,7,9,15-16,18H,5-6,8,10-14H2,1-2H3,(H,22,25)/t15-,16+,18-/m1/s1. The van der Waals surface area contributed by atoms with Gasteiger partial charge in [0.1, 0.15) is 5.82 Å². The van der Waals surface area contributed by atoms with Gasteiger partial charge in [-0.2, -0.15) is 0 Å². The molecule has 25 heavy (non-hydrogen) atoms. The molecule has 3 rings (SSSR count). The smallest absolute Gasteiger partial charge is 0.234 e. The topological polar surface area (TPSA) is 35.6 Å². The quantitative estimate of drug-likeness (QED) is 0.910. The van der Waals surface area contributed by atoms with Gasteiger partial charge in [0.2, 0.25) is 5.91 Å². The maximum absolute atomic E-state index is 13.9. The molecule has 0 radical (unpaired) electrons. The molecule has 2 fully saturated rings. The van der Waals surface area contributed by atoms with Crippen molar-refractivity contribution >= 4 is 11.6 Å². The minimum Gasteiger partial charge on any atom is -0.367 e. The number of benzene rings is 1. The molecule has 0 aromatic heterocycles. The van der Waals surface area contributed by atoms with Crippen LogP contribution in [-0.4, -0.2) is 49.6 Å². The van der Waals surface area contributed by atoms with Gasteiger partial charge in [0.25, 0.3) is 0 Å². The van der Waals surface area contributed by atoms with Crippen molar-refractivity contribution in [3.8, 4) is 0 Å². The second-order valence-corrected chi connectivity index (χ2v) is 7.66. The van der Waals surface area contributed by atoms with E-state index in [-0.39, 0.29) is 11.7 Å². The SMILES string of the molecule is C[C@H]1[C@H](C)CCC[C@H]1NC(=O)CN1CCN(c2ccccc2F)CC1. The summed E-state index contributed by atoms with van der Waals surface area (Å²) in [6.45, 7) is 8.07. The monoisotopic (exact) mass is 347 g/mol. The molecule has 1 aliphatic carbocycles. The molecule has 1 saturated carbocycles. The lowest BCUT2D eigenvalue weighted by Crippen LogP contribution is -2.52. The fourth-order valence-corrected chi connectivity index (χ4v) is 4.10. The molecular weight excluding hydrogens is 317 g/mol. The maximum atomic E-state index is 13.9. The van der Waals surface area contributed by atoms with Gasteiger partial charge < -0.3 is 10.2 Å². The minimum absolute atomic E-state index is 0.130. The van der Waals surface area contributed by atoms with Gasteiger partial charge in [-0.1, -0.05) is 38.8 Å². The van der Waals surface area contributed by atoms with Crippen LogP contribution < -0.4 is 10.2 Å². The number of para-hydroxylation sites is 1. The lowest BCUT2D eigenvalue weighted by molar-refractivity contribution is -0.123. The van der Waals surface area contributed by atoms with E-state index < -0.39 is 0 Å². The first-order valence-electron chi connectivity index (χ1n) is 9.56. The molecule has 0 spiro atoms. The summed E-state index contributed by atoms with van der Waals surface area (Å²) in [4.78, 5) is 16.6. The molecule has 0 bridgehead atoms. The van der Waals surface area contributed by atoms with Crippen molar-refractivity contribution in [3.05, 3.63) is 30.1 Å². The third kappa shape index (κ3) is 4.51. The first kappa shape index (κ1) is 18.2. The van der Waals surface area contributed by atoms with Crippen LogP contribution in [-0.2, 0) is 4.79 Å². The van der Waals surface area contributed by atoms with E-state index in [9.17, 15) is 9.18 Å². The molecule has 2 aliphatic rings. The van der Waals surface area contributed by atoms with E-state index in [2.05, 4.69) is 29.0 Å². The van der Waals surface area contributed by atoms with Gasteiger partial charge in [0.05, 0.1) is 12.2 Å². The Morgan fingerprint density at radius 3 is 2.60 bits per heavy atom. The fraction of sp³-hybridized carbons (Fsp3) is 0.650. The fourth-order valence-electron chi connectivity index (χ4n) is 4.10. The first-order valence-corrected chi connectivity index (χ1v) is 9.56. The van der Waals surface area contributed by atoms with Crippen molar-refractivity contribution in [2.24, 2.45) is 11.8 Å². The highest BCUT2D eigenvalue weighted by molar-refractivity contribution is 5.78. The molecule has 1 saturated heterocycles. The number of hydrogen-bond donors (Lipinski definition) is 1. The lowest BCUT2D eigenvalue weighted by atomic mass is 9.78. The highest BCUT2D eigenvalue weighted by Gasteiger charge is 2.29. The Balaban J connectivity index is 1.46. The number of carbonyl (C=O) groups is 1. The van der Waals surface area contributed by atoms with Crippen LogP contribution in [0.4, 0.5) is 10.1 Å². The zero-order valence-corrected chi connectivity index (χ0v) is 15.4. The summed E-state index contributed by atoms with van der Waals surface area (Å²) in [5.74, 6) is 1.19. The number of piperazine rings is 1. The van der Waals surface area contributed by atoms with Gasteiger partial charge in [-0.25, -0.2) is 4.39 Å². The number of rotatable bonds is 4. The molecule has 1 aromatic rings. The van der Waals surface area contributed by atoms with E-state index in [1.807, 2.05) is 12.1 Å². The normalized spacial score (nSPS) is 28.0. The van der Waals surface area contributed by atoms with E-state index in [4.69, 9.17) is 0 Å². The second-order valence-electron chi connectivity index (χ2n) is 7.66. The predicted octanol–water partition coefficient (Wildman–Crippen LogP) is 2.89. The molecule has 1 aromatic carbocycles. The maximum Gasteiger partial charge on any atom is 0.234 e. The second kappa shape index (κ2) is 8.17. The van der Waals surface area contributed by atoms with Gasteiger partial charge in [0, 0.05) is 32.2 Å². The predicted molar refractivity (Wildman–Crippen MR) is 99.2 cm³/mol. The van der Waals surface area contributed by atoms with Crippen molar-refractivity contribution in [2.45, 2.75) is 39.2 Å². The van der Waals surface area contributed by atoms with Crippen LogP contribution >= 0.6 is 0 Å². The summed E-state index contributed by atoms with van der Waals surface area (Å²) in [7, 11) is 0. The van der Waals surface area contributed by atoms with Crippen molar-refractivity contribution < 1.29 is 9.18 Å². The number of anilines is 1. The Hall–Kier alpha value is -1.62. The van der Waals surface area contributed by atoms with Crippen LogP contribution in [0.25, 0.3) is 0 Å². The number of nitrogens with one attached hydrogen (secondary N) is 1. The van der Waals surface area contributed by atoms with Crippen LogP contribution in [0.1, 0.15) is 33.1 Å². The Labute approximate surface area is 150 Å². The average Bonchev–Trinajstić information content (AvgIpc) is 2.60. The van der Waals surface area contributed by atoms with Crippen molar-refractivity contribution in [1.82, 2.24) is 10.2 Å². The molecule has 138 valence electrons. The number of carbonyl (C=O) groups excluding carboxylic acids is 1. The molecular formula is C20H30FN3O. The molecule has 3 atom stereocenters. The summed E-state index contributed by atoms with van der Waals surface area (Å²) in [5, 5.41) is 3.24. The van der Waals surface area contributed by atoms with Gasteiger partial charge in [0.15, 0.2) is 0 Å². The van der Waals surface area contributed by atoms with Gasteiger partial charge in [-0.05, 0) is 30.4 Å². The van der Waals surface area contributed by atoms with Gasteiger partial charge in [-0.3, -0.25) is 9.69 Å². The lowest BCUT2D eigenvalue weighted by Gasteiger charge is -2.37. The summed E-state index contributed by atoms with van der Waals surface area (Å²) < 4.78 is 13.9. The molecule has 4 nitrogen and oxygen atoms in total. The average molecular weight is 347 g/mol. The van der Waals surface area contributed by atoms with Crippen molar-refractivity contribution in [3.63, 3.8) is 0 Å². The van der Waals surface area contributed by atoms with E-state index in [0.29, 0.717) is 30.1 Å². The summed E-state index contributed by atoms with van der Waals surface area (Å²) >= 11 is 0. The van der Waals surface area contributed by atoms with Crippen LogP contribution in [0, 0.1) is 17.7 Å².